The monoisotopic (exact) mass is 229 g/mol. The maximum absolute atomic E-state index is 5.32. The van der Waals surface area contributed by atoms with Crippen LogP contribution in [0.1, 0.15) is 12.8 Å². The smallest absolute Gasteiger partial charge is 0.190 e. The van der Waals surface area contributed by atoms with Crippen LogP contribution >= 0.6 is 0 Å². The van der Waals surface area contributed by atoms with E-state index in [1.165, 1.54) is 0 Å². The third kappa shape index (κ3) is 5.32. The maximum Gasteiger partial charge on any atom is 0.190 e. The van der Waals surface area contributed by atoms with Crippen LogP contribution in [0.15, 0.2) is 4.99 Å². The molecule has 94 valence electrons. The number of rotatable bonds is 6. The number of guanidine groups is 1. The molecule has 2 N–H and O–H groups in total. The molecule has 0 saturated carbocycles. The Morgan fingerprint density at radius 3 is 3.00 bits per heavy atom. The molecule has 1 atom stereocenters. The Labute approximate surface area is 97.6 Å². The minimum Gasteiger partial charge on any atom is -0.385 e. The lowest BCUT2D eigenvalue weighted by Gasteiger charge is -2.14. The minimum atomic E-state index is 0.623. The molecule has 1 unspecified atom stereocenters. The van der Waals surface area contributed by atoms with Crippen LogP contribution in [0.3, 0.4) is 0 Å². The molecule has 1 aliphatic rings. The van der Waals surface area contributed by atoms with E-state index in [0.717, 1.165) is 51.7 Å². The highest BCUT2D eigenvalue weighted by molar-refractivity contribution is 5.79. The van der Waals surface area contributed by atoms with Gasteiger partial charge in [-0.15, -0.1) is 0 Å². The van der Waals surface area contributed by atoms with E-state index in [2.05, 4.69) is 15.6 Å². The van der Waals surface area contributed by atoms with Gasteiger partial charge in [-0.2, -0.15) is 0 Å². The van der Waals surface area contributed by atoms with E-state index in [1.54, 1.807) is 14.2 Å². The summed E-state index contributed by atoms with van der Waals surface area (Å²) < 4.78 is 10.3. The number of nitrogens with one attached hydrogen (secondary N) is 2. The quantitative estimate of drug-likeness (QED) is 0.389. The van der Waals surface area contributed by atoms with Crippen molar-refractivity contribution in [3.05, 3.63) is 0 Å². The molecule has 0 radical (unpaired) electrons. The lowest BCUT2D eigenvalue weighted by Crippen LogP contribution is -2.40. The molecular formula is C11H23N3O2. The van der Waals surface area contributed by atoms with Crippen LogP contribution in [-0.4, -0.2) is 53.0 Å². The van der Waals surface area contributed by atoms with Crippen LogP contribution in [0.4, 0.5) is 0 Å². The summed E-state index contributed by atoms with van der Waals surface area (Å²) in [7, 11) is 3.50. The molecule has 1 saturated heterocycles. The second kappa shape index (κ2) is 8.35. The normalized spacial score (nSPS) is 21.1. The Morgan fingerprint density at radius 1 is 1.50 bits per heavy atom. The van der Waals surface area contributed by atoms with Crippen molar-refractivity contribution in [3.8, 4) is 0 Å². The van der Waals surface area contributed by atoms with E-state index in [1.807, 2.05) is 0 Å². The summed E-state index contributed by atoms with van der Waals surface area (Å²) in [5.41, 5.74) is 0. The van der Waals surface area contributed by atoms with Crippen molar-refractivity contribution in [3.63, 3.8) is 0 Å². The second-order valence-corrected chi connectivity index (χ2v) is 3.96. The lowest BCUT2D eigenvalue weighted by atomic mass is 10.1. The minimum absolute atomic E-state index is 0.623. The molecular weight excluding hydrogens is 206 g/mol. The summed E-state index contributed by atoms with van der Waals surface area (Å²) in [4.78, 5) is 4.16. The van der Waals surface area contributed by atoms with Gasteiger partial charge in [0.2, 0.25) is 0 Å². The Morgan fingerprint density at radius 2 is 2.38 bits per heavy atom. The standard InChI is InChI=1S/C11H23N3O2/c1-12-11(13-5-3-6-15-2)14-8-10-4-7-16-9-10/h10H,3-9H2,1-2H3,(H2,12,13,14). The van der Waals surface area contributed by atoms with Gasteiger partial charge in [0.1, 0.15) is 0 Å². The maximum atomic E-state index is 5.32. The number of aliphatic imine (C=N–C) groups is 1. The molecule has 0 aliphatic carbocycles. The van der Waals surface area contributed by atoms with Crippen molar-refractivity contribution in [1.82, 2.24) is 10.6 Å². The van der Waals surface area contributed by atoms with E-state index in [9.17, 15) is 0 Å². The largest absolute Gasteiger partial charge is 0.385 e. The van der Waals surface area contributed by atoms with Gasteiger partial charge in [-0.3, -0.25) is 4.99 Å². The summed E-state index contributed by atoms with van der Waals surface area (Å²) in [6.45, 7) is 4.36. The molecule has 1 rings (SSSR count). The lowest BCUT2D eigenvalue weighted by molar-refractivity contribution is 0.186. The van der Waals surface area contributed by atoms with Gasteiger partial charge in [-0.1, -0.05) is 0 Å². The first kappa shape index (κ1) is 13.3. The van der Waals surface area contributed by atoms with Gasteiger partial charge in [0.05, 0.1) is 6.61 Å². The summed E-state index contributed by atoms with van der Waals surface area (Å²) in [5.74, 6) is 1.49. The third-order valence-electron chi connectivity index (χ3n) is 2.62. The molecule has 0 amide bonds. The fourth-order valence-electron chi connectivity index (χ4n) is 1.63. The van der Waals surface area contributed by atoms with Crippen molar-refractivity contribution in [2.45, 2.75) is 12.8 Å². The first-order chi connectivity index (χ1) is 7.86. The van der Waals surface area contributed by atoms with Crippen LogP contribution in [0, 0.1) is 5.92 Å². The SMILES string of the molecule is CN=C(NCCCOC)NCC1CCOC1. The predicted octanol–water partition coefficient (Wildman–Crippen LogP) is 0.224. The van der Waals surface area contributed by atoms with Crippen LogP contribution in [0.5, 0.6) is 0 Å². The molecule has 1 fully saturated rings. The van der Waals surface area contributed by atoms with Crippen LogP contribution in [0.25, 0.3) is 0 Å². The zero-order chi connectivity index (χ0) is 11.6. The first-order valence-corrected chi connectivity index (χ1v) is 5.88. The van der Waals surface area contributed by atoms with E-state index in [-0.39, 0.29) is 0 Å². The van der Waals surface area contributed by atoms with Crippen LogP contribution < -0.4 is 10.6 Å². The summed E-state index contributed by atoms with van der Waals surface area (Å²) in [5, 5.41) is 6.55. The average molecular weight is 229 g/mol. The summed E-state index contributed by atoms with van der Waals surface area (Å²) in [6.07, 6.45) is 2.14. The van der Waals surface area contributed by atoms with Gasteiger partial charge in [0.25, 0.3) is 0 Å². The highest BCUT2D eigenvalue weighted by Gasteiger charge is 2.15. The molecule has 5 heteroatoms. The molecule has 0 aromatic carbocycles. The van der Waals surface area contributed by atoms with Gasteiger partial charge in [-0.05, 0) is 12.8 Å². The van der Waals surface area contributed by atoms with E-state index in [0.29, 0.717) is 5.92 Å². The average Bonchev–Trinajstić information content (AvgIpc) is 2.81. The highest BCUT2D eigenvalue weighted by Crippen LogP contribution is 2.10. The van der Waals surface area contributed by atoms with Crippen molar-refractivity contribution in [2.24, 2.45) is 10.9 Å². The Balaban J connectivity index is 2.06. The molecule has 16 heavy (non-hydrogen) atoms. The van der Waals surface area contributed by atoms with E-state index < -0.39 is 0 Å². The number of ether oxygens (including phenoxy) is 2. The third-order valence-corrected chi connectivity index (χ3v) is 2.62. The fourth-order valence-corrected chi connectivity index (χ4v) is 1.63. The van der Waals surface area contributed by atoms with Crippen LogP contribution in [0.2, 0.25) is 0 Å². The topological polar surface area (TPSA) is 54.9 Å². The number of hydrogen-bond acceptors (Lipinski definition) is 3. The van der Waals surface area contributed by atoms with Gasteiger partial charge in [0.15, 0.2) is 5.96 Å². The van der Waals surface area contributed by atoms with E-state index >= 15 is 0 Å². The van der Waals surface area contributed by atoms with E-state index in [4.69, 9.17) is 9.47 Å². The Kier molecular flexibility index (Phi) is 6.92. The van der Waals surface area contributed by atoms with Crippen molar-refractivity contribution >= 4 is 5.96 Å². The molecule has 0 bridgehead atoms. The van der Waals surface area contributed by atoms with Crippen molar-refractivity contribution in [1.29, 1.82) is 0 Å². The van der Waals surface area contributed by atoms with Gasteiger partial charge >= 0.3 is 0 Å². The highest BCUT2D eigenvalue weighted by atomic mass is 16.5. The number of hydrogen-bond donors (Lipinski definition) is 2. The zero-order valence-corrected chi connectivity index (χ0v) is 10.3. The second-order valence-electron chi connectivity index (χ2n) is 3.96. The summed E-state index contributed by atoms with van der Waals surface area (Å²) in [6, 6.07) is 0. The van der Waals surface area contributed by atoms with Crippen LogP contribution in [-0.2, 0) is 9.47 Å². The Hall–Kier alpha value is -0.810. The van der Waals surface area contributed by atoms with Gasteiger partial charge in [0, 0.05) is 46.4 Å². The first-order valence-electron chi connectivity index (χ1n) is 5.88. The number of methoxy groups -OCH3 is 1. The summed E-state index contributed by atoms with van der Waals surface area (Å²) >= 11 is 0. The molecule has 0 aromatic heterocycles. The fraction of sp³-hybridized carbons (Fsp3) is 0.909. The zero-order valence-electron chi connectivity index (χ0n) is 10.3. The van der Waals surface area contributed by atoms with Crippen molar-refractivity contribution < 1.29 is 9.47 Å². The molecule has 0 aromatic rings. The predicted molar refractivity (Wildman–Crippen MR) is 64.8 cm³/mol. The van der Waals surface area contributed by atoms with Gasteiger partial charge < -0.3 is 20.1 Å². The van der Waals surface area contributed by atoms with Gasteiger partial charge in [-0.25, -0.2) is 0 Å². The molecule has 0 spiro atoms. The molecule has 5 nitrogen and oxygen atoms in total. The van der Waals surface area contributed by atoms with Crippen molar-refractivity contribution in [2.75, 3.05) is 47.1 Å². The number of nitrogens with zero attached hydrogens (tertiary/aromatic N) is 1. The molecule has 1 heterocycles. The Bertz CT molecular complexity index is 203. The molecule has 1 aliphatic heterocycles.